The van der Waals surface area contributed by atoms with Crippen LogP contribution in [0.4, 0.5) is 0 Å². The average Bonchev–Trinajstić information content (AvgIpc) is 2.56. The van der Waals surface area contributed by atoms with E-state index < -0.39 is 18.1 Å². The molecule has 0 aromatic carbocycles. The monoisotopic (exact) mass is 230 g/mol. The normalized spacial score (nSPS) is 25.1. The number of carbonyl (C=O) groups excluding carboxylic acids is 1. The van der Waals surface area contributed by atoms with Crippen molar-refractivity contribution in [1.82, 2.24) is 10.2 Å². The zero-order chi connectivity index (χ0) is 12.3. The minimum atomic E-state index is -1.06. The van der Waals surface area contributed by atoms with Crippen LogP contribution in [0.25, 0.3) is 0 Å². The van der Waals surface area contributed by atoms with Crippen LogP contribution in [0.1, 0.15) is 20.3 Å². The summed E-state index contributed by atoms with van der Waals surface area (Å²) in [6.07, 6.45) is -0.618. The van der Waals surface area contributed by atoms with Crippen molar-refractivity contribution in [2.45, 2.75) is 38.5 Å². The van der Waals surface area contributed by atoms with Gasteiger partial charge in [0.2, 0.25) is 5.91 Å². The molecule has 1 rings (SSSR count). The molecule has 2 atom stereocenters. The van der Waals surface area contributed by atoms with E-state index in [0.717, 1.165) is 0 Å². The number of aliphatic hydroxyl groups excluding tert-OH is 1. The van der Waals surface area contributed by atoms with Gasteiger partial charge >= 0.3 is 5.97 Å². The minimum Gasteiger partial charge on any atom is -0.480 e. The molecule has 0 radical (unpaired) electrons. The number of amides is 1. The summed E-state index contributed by atoms with van der Waals surface area (Å²) in [4.78, 5) is 23.8. The van der Waals surface area contributed by atoms with Crippen LogP contribution in [-0.4, -0.2) is 58.3 Å². The summed E-state index contributed by atoms with van der Waals surface area (Å²) in [6.45, 7) is 4.02. The van der Waals surface area contributed by atoms with E-state index in [0.29, 0.717) is 0 Å². The summed E-state index contributed by atoms with van der Waals surface area (Å²) in [7, 11) is 0. The third kappa shape index (κ3) is 3.18. The second kappa shape index (κ2) is 5.27. The fourth-order valence-electron chi connectivity index (χ4n) is 1.72. The molecule has 6 nitrogen and oxygen atoms in total. The molecule has 1 aliphatic heterocycles. The molecular weight excluding hydrogens is 212 g/mol. The number of likely N-dealkylation sites (tertiary alicyclic amines) is 1. The summed E-state index contributed by atoms with van der Waals surface area (Å²) >= 11 is 0. The van der Waals surface area contributed by atoms with E-state index >= 15 is 0 Å². The summed E-state index contributed by atoms with van der Waals surface area (Å²) in [5.74, 6) is -1.34. The number of rotatable bonds is 4. The largest absolute Gasteiger partial charge is 0.480 e. The van der Waals surface area contributed by atoms with Gasteiger partial charge in [0.1, 0.15) is 6.04 Å². The fourth-order valence-corrected chi connectivity index (χ4v) is 1.72. The Morgan fingerprint density at radius 3 is 2.62 bits per heavy atom. The van der Waals surface area contributed by atoms with Crippen molar-refractivity contribution in [3.63, 3.8) is 0 Å². The van der Waals surface area contributed by atoms with Crippen LogP contribution >= 0.6 is 0 Å². The van der Waals surface area contributed by atoms with Gasteiger partial charge in [0.05, 0.1) is 12.6 Å². The Labute approximate surface area is 94.2 Å². The number of nitrogens with zero attached hydrogens (tertiary/aromatic N) is 1. The molecule has 1 amide bonds. The van der Waals surface area contributed by atoms with E-state index in [-0.39, 0.29) is 31.5 Å². The molecule has 0 spiro atoms. The second-order valence-corrected chi connectivity index (χ2v) is 4.33. The summed E-state index contributed by atoms with van der Waals surface area (Å²) < 4.78 is 0. The Bertz CT molecular complexity index is 280. The van der Waals surface area contributed by atoms with Crippen LogP contribution in [0.5, 0.6) is 0 Å². The Balaban J connectivity index is 2.56. The number of aliphatic hydroxyl groups is 1. The third-order valence-electron chi connectivity index (χ3n) is 2.55. The van der Waals surface area contributed by atoms with E-state index in [1.807, 2.05) is 13.8 Å². The van der Waals surface area contributed by atoms with Crippen LogP contribution in [0.3, 0.4) is 0 Å². The quantitative estimate of drug-likeness (QED) is 0.578. The molecule has 0 aliphatic carbocycles. The number of β-amino-alcohol motifs (C(OH)–C–C–N with tert-alkyl or cyclic N) is 1. The molecule has 16 heavy (non-hydrogen) atoms. The maximum Gasteiger partial charge on any atom is 0.326 e. The summed E-state index contributed by atoms with van der Waals surface area (Å²) in [5, 5.41) is 21.2. The highest BCUT2D eigenvalue weighted by atomic mass is 16.4. The lowest BCUT2D eigenvalue weighted by atomic mass is 10.2. The predicted molar refractivity (Wildman–Crippen MR) is 56.9 cm³/mol. The molecule has 1 fully saturated rings. The van der Waals surface area contributed by atoms with Gasteiger partial charge in [-0.3, -0.25) is 4.79 Å². The highest BCUT2D eigenvalue weighted by Gasteiger charge is 2.38. The zero-order valence-electron chi connectivity index (χ0n) is 9.51. The van der Waals surface area contributed by atoms with Gasteiger partial charge in [-0.1, -0.05) is 13.8 Å². The maximum absolute atomic E-state index is 11.7. The van der Waals surface area contributed by atoms with Gasteiger partial charge < -0.3 is 20.4 Å². The van der Waals surface area contributed by atoms with Gasteiger partial charge in [0.25, 0.3) is 0 Å². The van der Waals surface area contributed by atoms with Crippen LogP contribution in [0.15, 0.2) is 0 Å². The van der Waals surface area contributed by atoms with Gasteiger partial charge in [0, 0.05) is 19.0 Å². The Kier molecular flexibility index (Phi) is 4.26. The lowest BCUT2D eigenvalue weighted by molar-refractivity contribution is -0.147. The van der Waals surface area contributed by atoms with E-state index in [9.17, 15) is 14.7 Å². The van der Waals surface area contributed by atoms with Crippen molar-refractivity contribution in [3.05, 3.63) is 0 Å². The van der Waals surface area contributed by atoms with Crippen molar-refractivity contribution in [2.75, 3.05) is 13.1 Å². The molecule has 0 saturated carbocycles. The molecule has 0 bridgehead atoms. The molecule has 0 aromatic rings. The van der Waals surface area contributed by atoms with Gasteiger partial charge in [0.15, 0.2) is 0 Å². The van der Waals surface area contributed by atoms with E-state index in [1.54, 1.807) is 0 Å². The number of hydrogen-bond donors (Lipinski definition) is 3. The van der Waals surface area contributed by atoms with Crippen molar-refractivity contribution in [3.8, 4) is 0 Å². The molecule has 1 saturated heterocycles. The topological polar surface area (TPSA) is 89.9 Å². The van der Waals surface area contributed by atoms with Crippen LogP contribution in [0, 0.1) is 0 Å². The number of aliphatic carboxylic acids is 1. The Morgan fingerprint density at radius 2 is 2.12 bits per heavy atom. The van der Waals surface area contributed by atoms with Gasteiger partial charge in [-0.15, -0.1) is 0 Å². The average molecular weight is 230 g/mol. The van der Waals surface area contributed by atoms with Crippen molar-refractivity contribution < 1.29 is 19.8 Å². The number of hydrogen-bond acceptors (Lipinski definition) is 4. The van der Waals surface area contributed by atoms with Crippen LogP contribution in [-0.2, 0) is 9.59 Å². The maximum atomic E-state index is 11.7. The number of carbonyl (C=O) groups is 2. The molecule has 1 heterocycles. The first-order valence-electron chi connectivity index (χ1n) is 5.35. The molecule has 1 aliphatic rings. The molecule has 92 valence electrons. The first kappa shape index (κ1) is 12.9. The lowest BCUT2D eigenvalue weighted by Gasteiger charge is -2.21. The van der Waals surface area contributed by atoms with Gasteiger partial charge in [-0.05, 0) is 0 Å². The zero-order valence-corrected chi connectivity index (χ0v) is 9.51. The highest BCUT2D eigenvalue weighted by molar-refractivity contribution is 5.85. The van der Waals surface area contributed by atoms with E-state index in [2.05, 4.69) is 5.32 Å². The Morgan fingerprint density at radius 1 is 1.50 bits per heavy atom. The van der Waals surface area contributed by atoms with E-state index in [4.69, 9.17) is 5.11 Å². The number of nitrogens with one attached hydrogen (secondary N) is 1. The van der Waals surface area contributed by atoms with Crippen molar-refractivity contribution >= 4 is 11.9 Å². The Hall–Kier alpha value is -1.14. The predicted octanol–water partition coefficient (Wildman–Crippen LogP) is -0.969. The van der Waals surface area contributed by atoms with Gasteiger partial charge in [-0.2, -0.15) is 0 Å². The highest BCUT2D eigenvalue weighted by Crippen LogP contribution is 2.17. The summed E-state index contributed by atoms with van der Waals surface area (Å²) in [5.41, 5.74) is 0. The first-order chi connectivity index (χ1) is 7.41. The fraction of sp³-hybridized carbons (Fsp3) is 0.800. The minimum absolute atomic E-state index is 0.105. The van der Waals surface area contributed by atoms with E-state index in [1.165, 1.54) is 4.90 Å². The molecule has 6 heteroatoms. The number of carboxylic acid groups (broad SMARTS) is 1. The second-order valence-electron chi connectivity index (χ2n) is 4.33. The van der Waals surface area contributed by atoms with Crippen LogP contribution in [0.2, 0.25) is 0 Å². The third-order valence-corrected chi connectivity index (χ3v) is 2.55. The molecule has 3 N–H and O–H groups in total. The number of carboxylic acids is 1. The standard InChI is InChI=1S/C10H18N2O4/c1-6(2)11-4-9(14)12-5-7(13)3-8(12)10(15)16/h6-8,11,13H,3-5H2,1-2H3,(H,15,16). The molecule has 0 aromatic heterocycles. The molecular formula is C10H18N2O4. The first-order valence-corrected chi connectivity index (χ1v) is 5.35. The van der Waals surface area contributed by atoms with Gasteiger partial charge in [-0.25, -0.2) is 4.79 Å². The summed E-state index contributed by atoms with van der Waals surface area (Å²) in [6, 6.07) is -0.726. The SMILES string of the molecule is CC(C)NCC(=O)N1CC(O)CC1C(=O)O. The van der Waals surface area contributed by atoms with Crippen molar-refractivity contribution in [2.24, 2.45) is 0 Å². The lowest BCUT2D eigenvalue weighted by Crippen LogP contribution is -2.45. The van der Waals surface area contributed by atoms with Crippen molar-refractivity contribution in [1.29, 1.82) is 0 Å². The smallest absolute Gasteiger partial charge is 0.326 e. The van der Waals surface area contributed by atoms with Crippen LogP contribution < -0.4 is 5.32 Å². The molecule has 2 unspecified atom stereocenters.